The van der Waals surface area contributed by atoms with Crippen LogP contribution in [0, 0.1) is 0 Å². The molecule has 1 saturated heterocycles. The van der Waals surface area contributed by atoms with Gasteiger partial charge >= 0.3 is 16.3 Å². The number of carbonyl (C=O) groups is 1. The standard InChI is InChI=1S/C15H25F2N5O4S/c1-14(2,3)26-13(23)19-27(24,25)22(12-7-18-21(5)9-12)11-6-15(16,17)10-20(4)8-11/h7,9,11H,6,8,10H2,1-5H3,(H,19,23). The predicted molar refractivity (Wildman–Crippen MR) is 94.8 cm³/mol. The van der Waals surface area contributed by atoms with Gasteiger partial charge in [0.1, 0.15) is 5.60 Å². The number of likely N-dealkylation sites (tertiary alicyclic amines) is 1. The molecule has 154 valence electrons. The van der Waals surface area contributed by atoms with Crippen molar-refractivity contribution in [3.8, 4) is 0 Å². The zero-order chi connectivity index (χ0) is 20.6. The predicted octanol–water partition coefficient (Wildman–Crippen LogP) is 1.34. The highest BCUT2D eigenvalue weighted by molar-refractivity contribution is 7.91. The summed E-state index contributed by atoms with van der Waals surface area (Å²) in [5, 5.41) is 3.91. The van der Waals surface area contributed by atoms with Crippen LogP contribution in [-0.4, -0.2) is 66.9 Å². The number of halogens is 2. The highest BCUT2D eigenvalue weighted by Gasteiger charge is 2.45. The van der Waals surface area contributed by atoms with Gasteiger partial charge in [0.15, 0.2) is 0 Å². The first-order valence-electron chi connectivity index (χ1n) is 8.29. The molecule has 0 aliphatic carbocycles. The number of anilines is 1. The van der Waals surface area contributed by atoms with E-state index < -0.39 is 46.8 Å². The van der Waals surface area contributed by atoms with Gasteiger partial charge in [-0.3, -0.25) is 9.58 Å². The minimum Gasteiger partial charge on any atom is -0.443 e. The minimum atomic E-state index is -4.51. The number of nitrogens with one attached hydrogen (secondary N) is 1. The smallest absolute Gasteiger partial charge is 0.422 e. The fourth-order valence-electron chi connectivity index (χ4n) is 2.97. The lowest BCUT2D eigenvalue weighted by Gasteiger charge is -2.40. The largest absolute Gasteiger partial charge is 0.443 e. The Morgan fingerprint density at radius 2 is 2.04 bits per heavy atom. The van der Waals surface area contributed by atoms with Gasteiger partial charge in [-0.05, 0) is 27.8 Å². The lowest BCUT2D eigenvalue weighted by molar-refractivity contribution is -0.0628. The molecule has 1 aromatic heterocycles. The second kappa shape index (κ2) is 7.23. The molecule has 1 aromatic rings. The fourth-order valence-corrected chi connectivity index (χ4v) is 4.23. The monoisotopic (exact) mass is 409 g/mol. The number of hydrogen-bond acceptors (Lipinski definition) is 6. The van der Waals surface area contributed by atoms with Gasteiger partial charge in [0.05, 0.1) is 24.5 Å². The summed E-state index contributed by atoms with van der Waals surface area (Å²) in [4.78, 5) is 13.3. The zero-order valence-corrected chi connectivity index (χ0v) is 16.8. The molecule has 1 atom stereocenters. The summed E-state index contributed by atoms with van der Waals surface area (Å²) in [5.41, 5.74) is -0.846. The number of aryl methyl sites for hydroxylation is 1. The quantitative estimate of drug-likeness (QED) is 0.806. The Morgan fingerprint density at radius 1 is 1.41 bits per heavy atom. The van der Waals surface area contributed by atoms with Gasteiger partial charge in [0.25, 0.3) is 5.92 Å². The van der Waals surface area contributed by atoms with Crippen molar-refractivity contribution < 1.29 is 26.7 Å². The number of piperidine rings is 1. The summed E-state index contributed by atoms with van der Waals surface area (Å²) in [6.07, 6.45) is 0.746. The fraction of sp³-hybridized carbons (Fsp3) is 0.733. The summed E-state index contributed by atoms with van der Waals surface area (Å²) >= 11 is 0. The van der Waals surface area contributed by atoms with Crippen molar-refractivity contribution >= 4 is 22.0 Å². The Bertz CT molecular complexity index is 790. The van der Waals surface area contributed by atoms with Crippen molar-refractivity contribution in [1.82, 2.24) is 19.4 Å². The van der Waals surface area contributed by atoms with Gasteiger partial charge in [0.2, 0.25) is 0 Å². The van der Waals surface area contributed by atoms with E-state index in [0.29, 0.717) is 0 Å². The summed E-state index contributed by atoms with van der Waals surface area (Å²) in [6.45, 7) is 4.34. The maximum atomic E-state index is 14.1. The van der Waals surface area contributed by atoms with Crippen molar-refractivity contribution in [3.05, 3.63) is 12.4 Å². The Kier molecular flexibility index (Phi) is 5.71. The molecular weight excluding hydrogens is 384 g/mol. The molecule has 1 amide bonds. The lowest BCUT2D eigenvalue weighted by Crippen LogP contribution is -2.58. The Hall–Kier alpha value is -1.95. The van der Waals surface area contributed by atoms with Crippen LogP contribution >= 0.6 is 0 Å². The number of hydrogen-bond donors (Lipinski definition) is 1. The second-order valence-electron chi connectivity index (χ2n) is 7.69. The van der Waals surface area contributed by atoms with E-state index in [2.05, 4.69) is 5.10 Å². The van der Waals surface area contributed by atoms with E-state index in [0.717, 1.165) is 4.31 Å². The highest BCUT2D eigenvalue weighted by atomic mass is 32.2. The average Bonchev–Trinajstić information content (AvgIpc) is 2.78. The number of likely N-dealkylation sites (N-methyl/N-ethyl adjacent to an activating group) is 1. The highest BCUT2D eigenvalue weighted by Crippen LogP contribution is 2.32. The van der Waals surface area contributed by atoms with E-state index in [9.17, 15) is 22.0 Å². The molecule has 0 spiro atoms. The van der Waals surface area contributed by atoms with Crippen LogP contribution < -0.4 is 9.03 Å². The molecule has 12 heteroatoms. The molecule has 2 rings (SSSR count). The van der Waals surface area contributed by atoms with E-state index in [1.54, 1.807) is 32.5 Å². The van der Waals surface area contributed by atoms with Crippen LogP contribution in [0.15, 0.2) is 12.4 Å². The Morgan fingerprint density at radius 3 is 2.52 bits per heavy atom. The molecule has 2 heterocycles. The maximum absolute atomic E-state index is 14.1. The minimum absolute atomic E-state index is 0.0692. The number of carbonyl (C=O) groups excluding carboxylic acids is 1. The number of rotatable bonds is 4. The first-order valence-corrected chi connectivity index (χ1v) is 9.73. The Labute approximate surface area is 157 Å². The third-order valence-electron chi connectivity index (χ3n) is 3.71. The first-order chi connectivity index (χ1) is 12.2. The van der Waals surface area contributed by atoms with Crippen LogP contribution in [-0.2, 0) is 22.0 Å². The van der Waals surface area contributed by atoms with Crippen LogP contribution in [0.2, 0.25) is 0 Å². The van der Waals surface area contributed by atoms with Gasteiger partial charge in [0, 0.05) is 26.2 Å². The molecule has 1 fully saturated rings. The molecular formula is C15H25F2N5O4S. The third kappa shape index (κ3) is 5.76. The van der Waals surface area contributed by atoms with Crippen LogP contribution in [0.5, 0.6) is 0 Å². The van der Waals surface area contributed by atoms with E-state index in [1.807, 2.05) is 0 Å². The van der Waals surface area contributed by atoms with Crippen molar-refractivity contribution in [2.75, 3.05) is 24.4 Å². The molecule has 1 unspecified atom stereocenters. The molecule has 1 N–H and O–H groups in total. The summed E-state index contributed by atoms with van der Waals surface area (Å²) in [7, 11) is -1.46. The number of nitrogens with zero attached hydrogens (tertiary/aromatic N) is 4. The van der Waals surface area contributed by atoms with Crippen molar-refractivity contribution in [3.63, 3.8) is 0 Å². The summed E-state index contributed by atoms with van der Waals surface area (Å²) in [6, 6.07) is -1.09. The first kappa shape index (κ1) is 21.4. The summed E-state index contributed by atoms with van der Waals surface area (Å²) in [5.74, 6) is -3.07. The normalized spacial score (nSPS) is 20.9. The van der Waals surface area contributed by atoms with Crippen LogP contribution in [0.1, 0.15) is 27.2 Å². The van der Waals surface area contributed by atoms with Crippen molar-refractivity contribution in [2.24, 2.45) is 7.05 Å². The van der Waals surface area contributed by atoms with Gasteiger partial charge in [-0.15, -0.1) is 0 Å². The zero-order valence-electron chi connectivity index (χ0n) is 15.9. The number of ether oxygens (including phenoxy) is 1. The van der Waals surface area contributed by atoms with Crippen LogP contribution in [0.4, 0.5) is 19.3 Å². The topological polar surface area (TPSA) is 96.8 Å². The Balaban J connectivity index is 2.36. The van der Waals surface area contributed by atoms with Crippen molar-refractivity contribution in [1.29, 1.82) is 0 Å². The van der Waals surface area contributed by atoms with Gasteiger partial charge in [-0.2, -0.15) is 13.5 Å². The van der Waals surface area contributed by atoms with Crippen LogP contribution in [0.3, 0.4) is 0 Å². The SMILES string of the molecule is CN1CC(N(c2cnn(C)c2)S(=O)(=O)NC(=O)OC(C)(C)C)CC(F)(F)C1. The molecule has 1 aliphatic rings. The average molecular weight is 409 g/mol. The molecule has 0 saturated carbocycles. The van der Waals surface area contributed by atoms with Gasteiger partial charge in [-0.1, -0.05) is 0 Å². The number of aromatic nitrogens is 2. The lowest BCUT2D eigenvalue weighted by atomic mass is 10.0. The molecule has 0 bridgehead atoms. The molecule has 0 radical (unpaired) electrons. The van der Waals surface area contributed by atoms with E-state index in [1.165, 1.54) is 29.0 Å². The van der Waals surface area contributed by atoms with E-state index in [4.69, 9.17) is 4.74 Å². The summed E-state index contributed by atoms with van der Waals surface area (Å²) < 4.78 is 62.8. The molecule has 9 nitrogen and oxygen atoms in total. The van der Waals surface area contributed by atoms with Crippen molar-refractivity contribution in [2.45, 2.75) is 44.8 Å². The molecule has 1 aliphatic heterocycles. The second-order valence-corrected chi connectivity index (χ2v) is 9.24. The number of amides is 1. The number of alkyl halides is 2. The van der Waals surface area contributed by atoms with Crippen LogP contribution in [0.25, 0.3) is 0 Å². The van der Waals surface area contributed by atoms with E-state index in [-0.39, 0.29) is 12.2 Å². The van der Waals surface area contributed by atoms with Gasteiger partial charge < -0.3 is 4.74 Å². The van der Waals surface area contributed by atoms with Gasteiger partial charge in [-0.25, -0.2) is 22.6 Å². The molecule has 27 heavy (non-hydrogen) atoms. The third-order valence-corrected chi connectivity index (χ3v) is 5.16. The van der Waals surface area contributed by atoms with E-state index >= 15 is 0 Å². The maximum Gasteiger partial charge on any atom is 0.422 e. The molecule has 0 aromatic carbocycles.